The monoisotopic (exact) mass is 439 g/mol. The Morgan fingerprint density at radius 1 is 1.17 bits per heavy atom. The molecule has 0 radical (unpaired) electrons. The van der Waals surface area contributed by atoms with Gasteiger partial charge in [0.1, 0.15) is 0 Å². The van der Waals surface area contributed by atoms with Crippen molar-refractivity contribution < 1.29 is 18.0 Å². The third-order valence-corrected chi connectivity index (χ3v) is 5.35. The molecule has 8 heteroatoms. The Morgan fingerprint density at radius 3 is 2.60 bits per heavy atom. The number of amides is 1. The minimum Gasteiger partial charge on any atom is -0.385 e. The first kappa shape index (κ1) is 22.3. The molecule has 1 unspecified atom stereocenters. The molecule has 30 heavy (non-hydrogen) atoms. The summed E-state index contributed by atoms with van der Waals surface area (Å²) in [7, 11) is 0. The van der Waals surface area contributed by atoms with Crippen molar-refractivity contribution in [3.05, 3.63) is 58.1 Å². The molecule has 1 atom stereocenters. The second-order valence-corrected chi connectivity index (χ2v) is 7.98. The molecular weight excluding hydrogens is 415 g/mol. The van der Waals surface area contributed by atoms with Gasteiger partial charge in [-0.15, -0.1) is 0 Å². The van der Waals surface area contributed by atoms with E-state index in [0.717, 1.165) is 42.7 Å². The van der Waals surface area contributed by atoms with Gasteiger partial charge in [0, 0.05) is 30.4 Å². The number of fused-ring (bicyclic) bond motifs is 1. The Kier molecular flexibility index (Phi) is 7.13. The maximum atomic E-state index is 12.4. The molecule has 0 aliphatic carbocycles. The third-order valence-electron chi connectivity index (χ3n) is 5.03. The van der Waals surface area contributed by atoms with E-state index >= 15 is 0 Å². The van der Waals surface area contributed by atoms with E-state index in [1.807, 2.05) is 12.1 Å². The third kappa shape index (κ3) is 6.05. The topological polar surface area (TPSA) is 53.2 Å². The summed E-state index contributed by atoms with van der Waals surface area (Å²) in [6.07, 6.45) is -2.23. The number of halogens is 4. The number of rotatable bonds is 6. The number of carbonyl (C=O) groups is 1. The second kappa shape index (κ2) is 9.60. The fourth-order valence-electron chi connectivity index (χ4n) is 3.56. The molecule has 2 aromatic carbocycles. The molecule has 1 amide bonds. The molecule has 1 aliphatic heterocycles. The maximum Gasteiger partial charge on any atom is 0.391 e. The van der Waals surface area contributed by atoms with Crippen molar-refractivity contribution in [3.8, 4) is 0 Å². The van der Waals surface area contributed by atoms with Crippen LogP contribution >= 0.6 is 11.6 Å². The first-order valence-electron chi connectivity index (χ1n) is 9.98. The largest absolute Gasteiger partial charge is 0.391 e. The standard InChI is InChI=1S/C22H25ClF3N3O/c1-14(12-22(24,25)26)29-21(30)16-7-5-15(6-8-16)13-28-20-17-4-2-3-11-27-19(17)10-9-18(20)23/h5-10,14,27-28H,2-4,11-13H2,1H3,(H,29,30). The van der Waals surface area contributed by atoms with E-state index in [0.29, 0.717) is 17.1 Å². The number of carbonyl (C=O) groups excluding carboxylic acids is 1. The smallest absolute Gasteiger partial charge is 0.385 e. The highest BCUT2D eigenvalue weighted by molar-refractivity contribution is 6.33. The zero-order valence-corrected chi connectivity index (χ0v) is 17.5. The van der Waals surface area contributed by atoms with E-state index in [1.54, 1.807) is 24.3 Å². The van der Waals surface area contributed by atoms with Crippen molar-refractivity contribution >= 4 is 28.9 Å². The molecule has 3 N–H and O–H groups in total. The van der Waals surface area contributed by atoms with Gasteiger partial charge in [-0.3, -0.25) is 4.79 Å². The average molecular weight is 440 g/mol. The molecule has 0 fully saturated rings. The number of hydrogen-bond donors (Lipinski definition) is 3. The molecule has 0 saturated heterocycles. The molecule has 2 aromatic rings. The van der Waals surface area contributed by atoms with Gasteiger partial charge in [-0.1, -0.05) is 23.7 Å². The van der Waals surface area contributed by atoms with Crippen molar-refractivity contribution in [2.75, 3.05) is 17.2 Å². The summed E-state index contributed by atoms with van der Waals surface area (Å²) in [6.45, 7) is 2.80. The van der Waals surface area contributed by atoms with Crippen molar-refractivity contribution in [3.63, 3.8) is 0 Å². The summed E-state index contributed by atoms with van der Waals surface area (Å²) in [5, 5.41) is 9.86. The second-order valence-electron chi connectivity index (χ2n) is 7.58. The summed E-state index contributed by atoms with van der Waals surface area (Å²) in [5.74, 6) is -0.520. The Labute approximate surface area is 179 Å². The highest BCUT2D eigenvalue weighted by atomic mass is 35.5. The van der Waals surface area contributed by atoms with E-state index in [4.69, 9.17) is 11.6 Å². The van der Waals surface area contributed by atoms with Gasteiger partial charge in [0.2, 0.25) is 0 Å². The summed E-state index contributed by atoms with van der Waals surface area (Å²) in [4.78, 5) is 12.2. The SMILES string of the molecule is CC(CC(F)(F)F)NC(=O)c1ccc(CNc2c(Cl)ccc3c2CCCCN3)cc1. The van der Waals surface area contributed by atoms with Crippen LogP contribution in [-0.2, 0) is 13.0 Å². The van der Waals surface area contributed by atoms with Crippen LogP contribution in [0.3, 0.4) is 0 Å². The highest BCUT2D eigenvalue weighted by Gasteiger charge is 2.30. The molecule has 3 rings (SSSR count). The van der Waals surface area contributed by atoms with Crippen molar-refractivity contribution in [2.24, 2.45) is 0 Å². The van der Waals surface area contributed by atoms with Gasteiger partial charge in [-0.05, 0) is 61.6 Å². The van der Waals surface area contributed by atoms with E-state index in [9.17, 15) is 18.0 Å². The molecule has 4 nitrogen and oxygen atoms in total. The van der Waals surface area contributed by atoms with Gasteiger partial charge < -0.3 is 16.0 Å². The summed E-state index contributed by atoms with van der Waals surface area (Å²) in [5.41, 5.74) is 4.44. The van der Waals surface area contributed by atoms with Crippen LogP contribution in [0.15, 0.2) is 36.4 Å². The molecule has 1 heterocycles. The Balaban J connectivity index is 1.62. The number of nitrogens with one attached hydrogen (secondary N) is 3. The lowest BCUT2D eigenvalue weighted by Gasteiger charge is -2.17. The highest BCUT2D eigenvalue weighted by Crippen LogP contribution is 2.35. The molecular formula is C22H25ClF3N3O. The lowest BCUT2D eigenvalue weighted by molar-refractivity contribution is -0.138. The first-order valence-corrected chi connectivity index (χ1v) is 10.4. The Morgan fingerprint density at radius 2 is 1.90 bits per heavy atom. The normalized spacial score (nSPS) is 14.8. The van der Waals surface area contributed by atoms with Crippen LogP contribution < -0.4 is 16.0 Å². The van der Waals surface area contributed by atoms with E-state index in [1.165, 1.54) is 12.5 Å². The minimum atomic E-state index is -4.31. The van der Waals surface area contributed by atoms with Crippen LogP contribution in [-0.4, -0.2) is 24.7 Å². The van der Waals surface area contributed by atoms with Crippen LogP contribution in [0, 0.1) is 0 Å². The van der Waals surface area contributed by atoms with Gasteiger partial charge in [0.05, 0.1) is 17.1 Å². The molecule has 0 bridgehead atoms. The number of benzene rings is 2. The Bertz CT molecular complexity index is 884. The van der Waals surface area contributed by atoms with Crippen molar-refractivity contribution in [1.82, 2.24) is 5.32 Å². The predicted octanol–water partition coefficient (Wildman–Crippen LogP) is 5.77. The van der Waals surface area contributed by atoms with Crippen LogP contribution in [0.25, 0.3) is 0 Å². The van der Waals surface area contributed by atoms with Crippen molar-refractivity contribution in [1.29, 1.82) is 0 Å². The molecule has 0 spiro atoms. The molecule has 1 aliphatic rings. The fraction of sp³-hybridized carbons (Fsp3) is 0.409. The lowest BCUT2D eigenvalue weighted by Crippen LogP contribution is -2.35. The van der Waals surface area contributed by atoms with Crippen LogP contribution in [0.1, 0.15) is 47.7 Å². The fourth-order valence-corrected chi connectivity index (χ4v) is 3.80. The van der Waals surface area contributed by atoms with E-state index in [2.05, 4.69) is 16.0 Å². The summed E-state index contributed by atoms with van der Waals surface area (Å²) < 4.78 is 37.3. The predicted molar refractivity (Wildman–Crippen MR) is 114 cm³/mol. The van der Waals surface area contributed by atoms with Gasteiger partial charge in [0.25, 0.3) is 5.91 Å². The Hall–Kier alpha value is -2.41. The zero-order chi connectivity index (χ0) is 21.7. The maximum absolute atomic E-state index is 12.4. The van der Waals surface area contributed by atoms with Gasteiger partial charge in [-0.2, -0.15) is 13.2 Å². The van der Waals surface area contributed by atoms with Gasteiger partial charge in [-0.25, -0.2) is 0 Å². The lowest BCUT2D eigenvalue weighted by atomic mass is 10.0. The van der Waals surface area contributed by atoms with Gasteiger partial charge in [0.15, 0.2) is 0 Å². The summed E-state index contributed by atoms with van der Waals surface area (Å²) in [6, 6.07) is 9.68. The first-order chi connectivity index (χ1) is 14.2. The van der Waals surface area contributed by atoms with E-state index < -0.39 is 24.5 Å². The van der Waals surface area contributed by atoms with Crippen LogP contribution in [0.4, 0.5) is 24.5 Å². The van der Waals surface area contributed by atoms with Crippen molar-refractivity contribution in [2.45, 2.75) is 51.4 Å². The van der Waals surface area contributed by atoms with E-state index in [-0.39, 0.29) is 0 Å². The zero-order valence-electron chi connectivity index (χ0n) is 16.7. The average Bonchev–Trinajstić information content (AvgIpc) is 2.91. The summed E-state index contributed by atoms with van der Waals surface area (Å²) >= 11 is 6.42. The quantitative estimate of drug-likeness (QED) is 0.535. The molecule has 162 valence electrons. The number of hydrogen-bond acceptors (Lipinski definition) is 3. The minimum absolute atomic E-state index is 0.323. The molecule has 0 saturated carbocycles. The van der Waals surface area contributed by atoms with Crippen LogP contribution in [0.5, 0.6) is 0 Å². The molecule has 0 aromatic heterocycles. The number of anilines is 2. The number of alkyl halides is 3. The van der Waals surface area contributed by atoms with Gasteiger partial charge >= 0.3 is 6.18 Å². The van der Waals surface area contributed by atoms with Crippen LogP contribution in [0.2, 0.25) is 5.02 Å².